The molecule has 0 atom stereocenters. The fourth-order valence-corrected chi connectivity index (χ4v) is 1.54. The highest BCUT2D eigenvalue weighted by Gasteiger charge is 2.17. The molecular weight excluding hydrogens is 200 g/mol. The predicted molar refractivity (Wildman–Crippen MR) is 63.4 cm³/mol. The lowest BCUT2D eigenvalue weighted by molar-refractivity contribution is 0.539. The van der Waals surface area contributed by atoms with Crippen LogP contribution in [-0.4, -0.2) is 21.3 Å². The largest absolute Gasteiger partial charge is 0.330 e. The number of nitrogens with zero attached hydrogens (tertiary/aromatic N) is 3. The fraction of sp³-hybridized carbons (Fsp3) is 0.333. The van der Waals surface area contributed by atoms with E-state index in [1.165, 1.54) is 5.56 Å². The van der Waals surface area contributed by atoms with E-state index < -0.39 is 0 Å². The van der Waals surface area contributed by atoms with E-state index in [9.17, 15) is 0 Å². The second-order valence-electron chi connectivity index (χ2n) is 4.50. The third-order valence-corrected chi connectivity index (χ3v) is 2.88. The standard InChI is InChI=1S/C12H16N4/c1-12(2,7-13)10-3-5-11(6-4-10)16-8-14-15-9-16/h3-6,8-9H,7,13H2,1-2H3. The van der Waals surface area contributed by atoms with E-state index in [0.29, 0.717) is 6.54 Å². The molecule has 0 saturated heterocycles. The normalized spacial score (nSPS) is 11.7. The Morgan fingerprint density at radius 3 is 2.19 bits per heavy atom. The van der Waals surface area contributed by atoms with Crippen LogP contribution in [0, 0.1) is 0 Å². The summed E-state index contributed by atoms with van der Waals surface area (Å²) < 4.78 is 1.87. The lowest BCUT2D eigenvalue weighted by Crippen LogP contribution is -2.27. The van der Waals surface area contributed by atoms with Gasteiger partial charge in [0.05, 0.1) is 0 Å². The number of hydrogen-bond acceptors (Lipinski definition) is 3. The minimum absolute atomic E-state index is 0.0196. The Morgan fingerprint density at radius 2 is 1.69 bits per heavy atom. The second kappa shape index (κ2) is 4.06. The fourth-order valence-electron chi connectivity index (χ4n) is 1.54. The van der Waals surface area contributed by atoms with Crippen molar-refractivity contribution < 1.29 is 0 Å². The molecule has 4 nitrogen and oxygen atoms in total. The molecule has 0 amide bonds. The minimum atomic E-state index is 0.0196. The van der Waals surface area contributed by atoms with Crippen LogP contribution in [-0.2, 0) is 5.41 Å². The summed E-state index contributed by atoms with van der Waals surface area (Å²) in [5, 5.41) is 7.56. The molecule has 0 unspecified atom stereocenters. The topological polar surface area (TPSA) is 56.7 Å². The lowest BCUT2D eigenvalue weighted by Gasteiger charge is -2.23. The summed E-state index contributed by atoms with van der Waals surface area (Å²) in [4.78, 5) is 0. The van der Waals surface area contributed by atoms with Crippen LogP contribution in [0.25, 0.3) is 5.69 Å². The van der Waals surface area contributed by atoms with Crippen LogP contribution in [0.1, 0.15) is 19.4 Å². The second-order valence-corrected chi connectivity index (χ2v) is 4.50. The van der Waals surface area contributed by atoms with Crippen molar-refractivity contribution in [3.8, 4) is 5.69 Å². The SMILES string of the molecule is CC(C)(CN)c1ccc(-n2cnnc2)cc1. The van der Waals surface area contributed by atoms with E-state index in [1.54, 1.807) is 12.7 Å². The van der Waals surface area contributed by atoms with Gasteiger partial charge < -0.3 is 5.73 Å². The van der Waals surface area contributed by atoms with Crippen molar-refractivity contribution in [2.75, 3.05) is 6.54 Å². The van der Waals surface area contributed by atoms with Gasteiger partial charge in [0.2, 0.25) is 0 Å². The maximum absolute atomic E-state index is 5.75. The molecule has 0 radical (unpaired) electrons. The zero-order valence-electron chi connectivity index (χ0n) is 9.59. The van der Waals surface area contributed by atoms with Gasteiger partial charge in [-0.15, -0.1) is 10.2 Å². The molecule has 0 bridgehead atoms. The van der Waals surface area contributed by atoms with Crippen molar-refractivity contribution in [2.45, 2.75) is 19.3 Å². The summed E-state index contributed by atoms with van der Waals surface area (Å²) >= 11 is 0. The minimum Gasteiger partial charge on any atom is -0.330 e. The molecular formula is C12H16N4. The molecule has 16 heavy (non-hydrogen) atoms. The van der Waals surface area contributed by atoms with Crippen LogP contribution in [0.2, 0.25) is 0 Å². The Bertz CT molecular complexity index is 442. The van der Waals surface area contributed by atoms with Crippen LogP contribution < -0.4 is 5.73 Å². The first-order valence-electron chi connectivity index (χ1n) is 5.29. The van der Waals surface area contributed by atoms with E-state index in [1.807, 2.05) is 4.57 Å². The first kappa shape index (κ1) is 10.8. The maximum atomic E-state index is 5.75. The first-order chi connectivity index (χ1) is 7.63. The highest BCUT2D eigenvalue weighted by molar-refractivity contribution is 5.36. The molecule has 0 aliphatic rings. The number of aromatic nitrogens is 3. The summed E-state index contributed by atoms with van der Waals surface area (Å²) in [6, 6.07) is 8.30. The summed E-state index contributed by atoms with van der Waals surface area (Å²) in [5.74, 6) is 0. The van der Waals surface area contributed by atoms with Gasteiger partial charge in [0.15, 0.2) is 0 Å². The highest BCUT2D eigenvalue weighted by atomic mass is 15.2. The molecule has 0 spiro atoms. The zero-order valence-corrected chi connectivity index (χ0v) is 9.59. The molecule has 2 N–H and O–H groups in total. The Morgan fingerprint density at radius 1 is 1.12 bits per heavy atom. The quantitative estimate of drug-likeness (QED) is 0.846. The van der Waals surface area contributed by atoms with E-state index in [2.05, 4.69) is 48.3 Å². The van der Waals surface area contributed by atoms with Crippen molar-refractivity contribution in [1.29, 1.82) is 0 Å². The van der Waals surface area contributed by atoms with Gasteiger partial charge in [0, 0.05) is 17.6 Å². The molecule has 0 aliphatic heterocycles. The monoisotopic (exact) mass is 216 g/mol. The molecule has 84 valence electrons. The Kier molecular flexibility index (Phi) is 2.75. The molecule has 1 heterocycles. The van der Waals surface area contributed by atoms with Crippen molar-refractivity contribution in [3.63, 3.8) is 0 Å². The molecule has 2 aromatic rings. The predicted octanol–water partition coefficient (Wildman–Crippen LogP) is 1.50. The van der Waals surface area contributed by atoms with E-state index in [0.717, 1.165) is 5.69 Å². The summed E-state index contributed by atoms with van der Waals surface area (Å²) in [7, 11) is 0. The zero-order chi connectivity index (χ0) is 11.6. The third-order valence-electron chi connectivity index (χ3n) is 2.88. The van der Waals surface area contributed by atoms with Gasteiger partial charge in [-0.1, -0.05) is 26.0 Å². The third kappa shape index (κ3) is 1.97. The van der Waals surface area contributed by atoms with Gasteiger partial charge in [-0.25, -0.2) is 0 Å². The van der Waals surface area contributed by atoms with Gasteiger partial charge in [-0.2, -0.15) is 0 Å². The van der Waals surface area contributed by atoms with Crippen LogP contribution in [0.3, 0.4) is 0 Å². The average Bonchev–Trinajstić information content (AvgIpc) is 2.83. The van der Waals surface area contributed by atoms with Gasteiger partial charge in [-0.05, 0) is 17.7 Å². The number of hydrogen-bond donors (Lipinski definition) is 1. The van der Waals surface area contributed by atoms with Crippen molar-refractivity contribution in [1.82, 2.24) is 14.8 Å². The number of nitrogens with two attached hydrogens (primary N) is 1. The Hall–Kier alpha value is -1.68. The molecule has 0 fully saturated rings. The van der Waals surface area contributed by atoms with Crippen LogP contribution in [0.4, 0.5) is 0 Å². The van der Waals surface area contributed by atoms with Crippen molar-refractivity contribution in [2.24, 2.45) is 5.73 Å². The molecule has 4 heteroatoms. The summed E-state index contributed by atoms with van der Waals surface area (Å²) in [6.07, 6.45) is 3.37. The lowest BCUT2D eigenvalue weighted by atomic mass is 9.85. The van der Waals surface area contributed by atoms with Gasteiger partial charge in [0.25, 0.3) is 0 Å². The van der Waals surface area contributed by atoms with Crippen LogP contribution in [0.5, 0.6) is 0 Å². The Labute approximate surface area is 95.1 Å². The van der Waals surface area contributed by atoms with Crippen molar-refractivity contribution in [3.05, 3.63) is 42.5 Å². The van der Waals surface area contributed by atoms with Crippen molar-refractivity contribution >= 4 is 0 Å². The van der Waals surface area contributed by atoms with Crippen LogP contribution in [0.15, 0.2) is 36.9 Å². The van der Waals surface area contributed by atoms with E-state index in [4.69, 9.17) is 5.73 Å². The molecule has 2 rings (SSSR count). The van der Waals surface area contributed by atoms with Gasteiger partial charge >= 0.3 is 0 Å². The Balaban J connectivity index is 2.30. The number of benzene rings is 1. The van der Waals surface area contributed by atoms with E-state index >= 15 is 0 Å². The number of rotatable bonds is 3. The molecule has 0 aliphatic carbocycles. The van der Waals surface area contributed by atoms with Gasteiger partial charge in [-0.3, -0.25) is 4.57 Å². The first-order valence-corrected chi connectivity index (χ1v) is 5.29. The molecule has 0 saturated carbocycles. The summed E-state index contributed by atoms with van der Waals surface area (Å²) in [6.45, 7) is 4.92. The smallest absolute Gasteiger partial charge is 0.123 e. The van der Waals surface area contributed by atoms with Gasteiger partial charge in [0.1, 0.15) is 12.7 Å². The van der Waals surface area contributed by atoms with Crippen LogP contribution >= 0.6 is 0 Å². The summed E-state index contributed by atoms with van der Waals surface area (Å²) in [5.41, 5.74) is 8.06. The molecule has 1 aromatic carbocycles. The molecule has 1 aromatic heterocycles. The highest BCUT2D eigenvalue weighted by Crippen LogP contribution is 2.22. The van der Waals surface area contributed by atoms with E-state index in [-0.39, 0.29) is 5.41 Å². The average molecular weight is 216 g/mol. The maximum Gasteiger partial charge on any atom is 0.123 e.